The fourth-order valence-electron chi connectivity index (χ4n) is 0.496. The van der Waals surface area contributed by atoms with Gasteiger partial charge in [-0.05, 0) is 6.42 Å². The van der Waals surface area contributed by atoms with Crippen molar-refractivity contribution in [2.45, 2.75) is 13.3 Å². The Kier molecular flexibility index (Phi) is 4.29. The van der Waals surface area contributed by atoms with Crippen molar-refractivity contribution in [3.63, 3.8) is 0 Å². The minimum Gasteiger partial charge on any atom is -0.355 e. The van der Waals surface area contributed by atoms with Gasteiger partial charge in [-0.15, -0.1) is 0 Å². The number of carbonyl (C=O) groups excluding carboxylic acids is 1. The summed E-state index contributed by atoms with van der Waals surface area (Å²) in [5, 5.41) is 2.48. The van der Waals surface area contributed by atoms with Gasteiger partial charge >= 0.3 is 0 Å². The molecule has 0 aromatic heterocycles. The van der Waals surface area contributed by atoms with E-state index in [1.807, 2.05) is 13.0 Å². The van der Waals surface area contributed by atoms with Crippen LogP contribution in [0, 0.1) is 0 Å². The number of nitrogens with one attached hydrogen (secondary N) is 1. The van der Waals surface area contributed by atoms with Gasteiger partial charge in [0.15, 0.2) is 0 Å². The molecule has 0 aromatic rings. The van der Waals surface area contributed by atoms with Gasteiger partial charge in [0.2, 0.25) is 5.91 Å². The Morgan fingerprint density at radius 3 is 2.70 bits per heavy atom. The summed E-state index contributed by atoms with van der Waals surface area (Å²) < 4.78 is 0. The Labute approximate surface area is 61.6 Å². The zero-order chi connectivity index (χ0) is 7.98. The van der Waals surface area contributed by atoms with Gasteiger partial charge < -0.3 is 5.32 Å². The average Bonchev–Trinajstić information content (AvgIpc) is 1.98. The molecule has 1 amide bonds. The van der Waals surface area contributed by atoms with E-state index in [0.29, 0.717) is 5.57 Å². The first-order chi connectivity index (χ1) is 4.72. The van der Waals surface area contributed by atoms with E-state index in [1.54, 1.807) is 13.1 Å². The lowest BCUT2D eigenvalue weighted by atomic mass is 10.2. The number of allylic oxidation sites excluding steroid dienone is 1. The third-order valence-electron chi connectivity index (χ3n) is 1.07. The van der Waals surface area contributed by atoms with Gasteiger partial charge in [0, 0.05) is 12.6 Å². The normalized spacial score (nSPS) is 9.80. The maximum Gasteiger partial charge on any atom is 0.250 e. The summed E-state index contributed by atoms with van der Waals surface area (Å²) in [5.74, 6) is -0.121. The second kappa shape index (κ2) is 4.79. The second-order valence-electron chi connectivity index (χ2n) is 1.91. The van der Waals surface area contributed by atoms with Gasteiger partial charge in [-0.25, -0.2) is 0 Å². The monoisotopic (exact) mass is 139 g/mol. The predicted molar refractivity (Wildman–Crippen MR) is 42.6 cm³/mol. The number of hydrogen-bond acceptors (Lipinski definition) is 1. The first-order valence-corrected chi connectivity index (χ1v) is 3.30. The molecule has 0 atom stereocenters. The molecule has 0 rings (SSSR count). The molecular formula is C8H13NO. The standard InChI is InChI=1S/C8H13NO/c1-4-5-6-7(2)8(10)9-3/h5-6H,2,4H2,1,3H3,(H,9,10)/b6-5-. The third kappa shape index (κ3) is 3.07. The molecule has 0 aliphatic rings. The largest absolute Gasteiger partial charge is 0.355 e. The molecule has 56 valence electrons. The molecule has 10 heavy (non-hydrogen) atoms. The second-order valence-corrected chi connectivity index (χ2v) is 1.91. The summed E-state index contributed by atoms with van der Waals surface area (Å²) in [6.07, 6.45) is 4.55. The van der Waals surface area contributed by atoms with Crippen LogP contribution in [0.25, 0.3) is 0 Å². The van der Waals surface area contributed by atoms with Crippen LogP contribution in [0.3, 0.4) is 0 Å². The van der Waals surface area contributed by atoms with Gasteiger partial charge in [-0.3, -0.25) is 4.79 Å². The van der Waals surface area contributed by atoms with Crippen molar-refractivity contribution in [1.29, 1.82) is 0 Å². The highest BCUT2D eigenvalue weighted by atomic mass is 16.1. The van der Waals surface area contributed by atoms with Crippen LogP contribution in [0.5, 0.6) is 0 Å². The van der Waals surface area contributed by atoms with E-state index < -0.39 is 0 Å². The van der Waals surface area contributed by atoms with Crippen LogP contribution in [0.4, 0.5) is 0 Å². The Morgan fingerprint density at radius 2 is 2.30 bits per heavy atom. The van der Waals surface area contributed by atoms with Crippen molar-refractivity contribution in [2.75, 3.05) is 7.05 Å². The molecule has 0 fully saturated rings. The van der Waals surface area contributed by atoms with Crippen LogP contribution < -0.4 is 5.32 Å². The number of hydrogen-bond donors (Lipinski definition) is 1. The topological polar surface area (TPSA) is 29.1 Å². The summed E-state index contributed by atoms with van der Waals surface area (Å²) in [5.41, 5.74) is 0.504. The number of rotatable bonds is 3. The molecule has 1 N–H and O–H groups in total. The Bertz CT molecular complexity index is 159. The fraction of sp³-hybridized carbons (Fsp3) is 0.375. The number of amides is 1. The molecule has 0 heterocycles. The summed E-state index contributed by atoms with van der Waals surface area (Å²) in [6.45, 7) is 5.57. The van der Waals surface area contributed by atoms with Crippen LogP contribution in [0.15, 0.2) is 24.3 Å². The highest BCUT2D eigenvalue weighted by Crippen LogP contribution is 1.92. The van der Waals surface area contributed by atoms with Gasteiger partial charge in [0.1, 0.15) is 0 Å². The van der Waals surface area contributed by atoms with E-state index in [4.69, 9.17) is 0 Å². The summed E-state index contributed by atoms with van der Waals surface area (Å²) >= 11 is 0. The molecular weight excluding hydrogens is 126 g/mol. The molecule has 0 aromatic carbocycles. The number of likely N-dealkylation sites (N-methyl/N-ethyl adjacent to an activating group) is 1. The molecule has 0 radical (unpaired) electrons. The quantitative estimate of drug-likeness (QED) is 0.463. The maximum atomic E-state index is 10.8. The van der Waals surface area contributed by atoms with Crippen LogP contribution in [-0.2, 0) is 4.79 Å². The highest BCUT2D eigenvalue weighted by molar-refractivity contribution is 5.95. The lowest BCUT2D eigenvalue weighted by molar-refractivity contribution is -0.116. The Morgan fingerprint density at radius 1 is 1.70 bits per heavy atom. The van der Waals surface area contributed by atoms with Crippen molar-refractivity contribution >= 4 is 5.91 Å². The Hall–Kier alpha value is -1.05. The van der Waals surface area contributed by atoms with Crippen LogP contribution in [0.1, 0.15) is 13.3 Å². The third-order valence-corrected chi connectivity index (χ3v) is 1.07. The van der Waals surface area contributed by atoms with Gasteiger partial charge in [-0.1, -0.05) is 25.7 Å². The van der Waals surface area contributed by atoms with E-state index >= 15 is 0 Å². The van der Waals surface area contributed by atoms with Crippen LogP contribution in [-0.4, -0.2) is 13.0 Å². The average molecular weight is 139 g/mol. The molecule has 0 saturated heterocycles. The summed E-state index contributed by atoms with van der Waals surface area (Å²) in [6, 6.07) is 0. The van der Waals surface area contributed by atoms with E-state index in [1.165, 1.54) is 0 Å². The van der Waals surface area contributed by atoms with Crippen molar-refractivity contribution in [2.24, 2.45) is 0 Å². The zero-order valence-corrected chi connectivity index (χ0v) is 6.48. The molecule has 2 nitrogen and oxygen atoms in total. The smallest absolute Gasteiger partial charge is 0.250 e. The first kappa shape index (κ1) is 8.95. The summed E-state index contributed by atoms with van der Waals surface area (Å²) in [7, 11) is 1.59. The van der Waals surface area contributed by atoms with Crippen molar-refractivity contribution < 1.29 is 4.79 Å². The van der Waals surface area contributed by atoms with E-state index in [-0.39, 0.29) is 5.91 Å². The molecule has 0 aliphatic carbocycles. The van der Waals surface area contributed by atoms with E-state index in [0.717, 1.165) is 6.42 Å². The minimum absolute atomic E-state index is 0.121. The van der Waals surface area contributed by atoms with Crippen molar-refractivity contribution in [3.8, 4) is 0 Å². The fourth-order valence-corrected chi connectivity index (χ4v) is 0.496. The molecule has 0 unspecified atom stereocenters. The van der Waals surface area contributed by atoms with E-state index in [9.17, 15) is 4.79 Å². The zero-order valence-electron chi connectivity index (χ0n) is 6.48. The molecule has 2 heteroatoms. The summed E-state index contributed by atoms with van der Waals surface area (Å²) in [4.78, 5) is 10.8. The molecule has 0 saturated carbocycles. The van der Waals surface area contributed by atoms with Crippen LogP contribution >= 0.6 is 0 Å². The van der Waals surface area contributed by atoms with Crippen LogP contribution in [0.2, 0.25) is 0 Å². The minimum atomic E-state index is -0.121. The first-order valence-electron chi connectivity index (χ1n) is 3.30. The van der Waals surface area contributed by atoms with Crippen molar-refractivity contribution in [1.82, 2.24) is 5.32 Å². The predicted octanol–water partition coefficient (Wildman–Crippen LogP) is 1.25. The SMILES string of the molecule is C=C(/C=C\CC)C(=O)NC. The lowest BCUT2D eigenvalue weighted by Gasteiger charge is -1.95. The molecule has 0 spiro atoms. The lowest BCUT2D eigenvalue weighted by Crippen LogP contribution is -2.18. The Balaban J connectivity index is 3.85. The van der Waals surface area contributed by atoms with Gasteiger partial charge in [-0.2, -0.15) is 0 Å². The van der Waals surface area contributed by atoms with Gasteiger partial charge in [0.25, 0.3) is 0 Å². The maximum absolute atomic E-state index is 10.8. The molecule has 0 bridgehead atoms. The highest BCUT2D eigenvalue weighted by Gasteiger charge is 1.96. The molecule has 0 aliphatic heterocycles. The van der Waals surface area contributed by atoms with Crippen molar-refractivity contribution in [3.05, 3.63) is 24.3 Å². The number of carbonyl (C=O) groups is 1. The van der Waals surface area contributed by atoms with Gasteiger partial charge in [0.05, 0.1) is 0 Å². The van der Waals surface area contributed by atoms with E-state index in [2.05, 4.69) is 11.9 Å².